The fourth-order valence-electron chi connectivity index (χ4n) is 2.15. The van der Waals surface area contributed by atoms with E-state index >= 15 is 0 Å². The molecule has 1 N–H and O–H groups in total. The monoisotopic (exact) mass is 399 g/mol. The number of hydrogen-bond donors (Lipinski definition) is 1. The number of rotatable bonds is 5. The predicted molar refractivity (Wildman–Crippen MR) is 88.5 cm³/mol. The highest BCUT2D eigenvalue weighted by Gasteiger charge is 2.11. The van der Waals surface area contributed by atoms with Crippen LogP contribution < -0.4 is 5.32 Å². The van der Waals surface area contributed by atoms with E-state index in [0.717, 1.165) is 27.4 Å². The van der Waals surface area contributed by atoms with Gasteiger partial charge in [0.05, 0.1) is 0 Å². The molecule has 0 spiro atoms. The van der Waals surface area contributed by atoms with E-state index in [1.165, 1.54) is 11.6 Å². The molecule has 2 aromatic carbocycles. The van der Waals surface area contributed by atoms with Gasteiger partial charge in [0.15, 0.2) is 0 Å². The van der Waals surface area contributed by atoms with Gasteiger partial charge in [-0.1, -0.05) is 44.0 Å². The van der Waals surface area contributed by atoms with Gasteiger partial charge in [-0.3, -0.25) is 0 Å². The van der Waals surface area contributed by atoms with Crippen molar-refractivity contribution in [2.45, 2.75) is 18.9 Å². The van der Waals surface area contributed by atoms with Gasteiger partial charge in [-0.2, -0.15) is 0 Å². The third-order valence-corrected chi connectivity index (χ3v) is 4.58. The maximum Gasteiger partial charge on any atom is 0.123 e. The van der Waals surface area contributed by atoms with Crippen molar-refractivity contribution in [2.24, 2.45) is 0 Å². The number of halogens is 3. The summed E-state index contributed by atoms with van der Waals surface area (Å²) in [4.78, 5) is 0. The molecular weight excluding hydrogens is 385 g/mol. The molecule has 20 heavy (non-hydrogen) atoms. The van der Waals surface area contributed by atoms with E-state index in [2.05, 4.69) is 49.3 Å². The van der Waals surface area contributed by atoms with Gasteiger partial charge in [0.1, 0.15) is 5.82 Å². The highest BCUT2D eigenvalue weighted by molar-refractivity contribution is 9.10. The molecule has 0 fully saturated rings. The van der Waals surface area contributed by atoms with E-state index in [-0.39, 0.29) is 11.9 Å². The standard InChI is InChI=1S/C16H16Br2FN/c1-20-15(8-11-2-4-13(17)5-3-11)10-12-9-14(19)6-7-16(12)18/h2-7,9,15,20H,8,10H2,1H3. The maximum atomic E-state index is 13.3. The largest absolute Gasteiger partial charge is 0.316 e. The Balaban J connectivity index is 2.08. The Labute approximate surface area is 135 Å². The lowest BCUT2D eigenvalue weighted by atomic mass is 9.99. The molecule has 2 aromatic rings. The molecule has 0 aliphatic rings. The molecule has 0 aliphatic heterocycles. The van der Waals surface area contributed by atoms with Crippen molar-refractivity contribution in [1.29, 1.82) is 0 Å². The Kier molecular flexibility index (Phi) is 5.75. The van der Waals surface area contributed by atoms with Crippen LogP contribution in [0.2, 0.25) is 0 Å². The van der Waals surface area contributed by atoms with Crippen LogP contribution in [0.15, 0.2) is 51.4 Å². The van der Waals surface area contributed by atoms with Gasteiger partial charge < -0.3 is 5.32 Å². The summed E-state index contributed by atoms with van der Waals surface area (Å²) in [5, 5.41) is 3.31. The normalized spacial score (nSPS) is 12.4. The first-order valence-electron chi connectivity index (χ1n) is 6.44. The Morgan fingerprint density at radius 2 is 1.75 bits per heavy atom. The molecule has 0 saturated heterocycles. The predicted octanol–water partition coefficient (Wildman–Crippen LogP) is 4.72. The molecule has 2 rings (SSSR count). The lowest BCUT2D eigenvalue weighted by Crippen LogP contribution is -2.30. The molecular formula is C16H16Br2FN. The van der Waals surface area contributed by atoms with Crippen molar-refractivity contribution in [3.05, 3.63) is 68.4 Å². The molecule has 1 unspecified atom stereocenters. The molecule has 0 aliphatic carbocycles. The SMILES string of the molecule is CNC(Cc1ccc(Br)cc1)Cc1cc(F)ccc1Br. The van der Waals surface area contributed by atoms with Gasteiger partial charge in [-0.25, -0.2) is 4.39 Å². The summed E-state index contributed by atoms with van der Waals surface area (Å²) in [6, 6.07) is 13.4. The second-order valence-electron chi connectivity index (χ2n) is 4.76. The summed E-state index contributed by atoms with van der Waals surface area (Å²) < 4.78 is 15.4. The quantitative estimate of drug-likeness (QED) is 0.765. The van der Waals surface area contributed by atoms with Crippen molar-refractivity contribution >= 4 is 31.9 Å². The molecule has 4 heteroatoms. The molecule has 0 radical (unpaired) electrons. The molecule has 0 saturated carbocycles. The number of nitrogens with one attached hydrogen (secondary N) is 1. The van der Waals surface area contributed by atoms with E-state index in [0.29, 0.717) is 0 Å². The fraction of sp³-hybridized carbons (Fsp3) is 0.250. The third kappa shape index (κ3) is 4.40. The van der Waals surface area contributed by atoms with Gasteiger partial charge in [0, 0.05) is 15.0 Å². The number of likely N-dealkylation sites (N-methyl/N-ethyl adjacent to an activating group) is 1. The first kappa shape index (κ1) is 15.7. The van der Waals surface area contributed by atoms with Crippen molar-refractivity contribution in [2.75, 3.05) is 7.05 Å². The van der Waals surface area contributed by atoms with E-state index in [9.17, 15) is 4.39 Å². The average molecular weight is 401 g/mol. The van der Waals surface area contributed by atoms with Crippen LogP contribution in [0.5, 0.6) is 0 Å². The van der Waals surface area contributed by atoms with Gasteiger partial charge in [0.25, 0.3) is 0 Å². The molecule has 0 aromatic heterocycles. The van der Waals surface area contributed by atoms with Crippen LogP contribution in [-0.2, 0) is 12.8 Å². The minimum absolute atomic E-state index is 0.193. The number of benzene rings is 2. The Morgan fingerprint density at radius 3 is 2.40 bits per heavy atom. The lowest BCUT2D eigenvalue weighted by molar-refractivity contribution is 0.552. The number of hydrogen-bond acceptors (Lipinski definition) is 1. The summed E-state index contributed by atoms with van der Waals surface area (Å²) in [6.07, 6.45) is 1.69. The zero-order valence-electron chi connectivity index (χ0n) is 11.2. The van der Waals surface area contributed by atoms with Gasteiger partial charge >= 0.3 is 0 Å². The first-order chi connectivity index (χ1) is 9.58. The van der Waals surface area contributed by atoms with Crippen molar-refractivity contribution in [1.82, 2.24) is 5.32 Å². The smallest absolute Gasteiger partial charge is 0.123 e. The van der Waals surface area contributed by atoms with Crippen LogP contribution in [0.4, 0.5) is 4.39 Å². The van der Waals surface area contributed by atoms with Gasteiger partial charge in [-0.15, -0.1) is 0 Å². The van der Waals surface area contributed by atoms with E-state index < -0.39 is 0 Å². The van der Waals surface area contributed by atoms with Crippen molar-refractivity contribution < 1.29 is 4.39 Å². The molecule has 1 nitrogen and oxygen atoms in total. The summed E-state index contributed by atoms with van der Waals surface area (Å²) in [6.45, 7) is 0. The average Bonchev–Trinajstić information content (AvgIpc) is 2.44. The summed E-state index contributed by atoms with van der Waals surface area (Å²) in [5.41, 5.74) is 2.25. The maximum absolute atomic E-state index is 13.3. The summed E-state index contributed by atoms with van der Waals surface area (Å²) in [5.74, 6) is -0.193. The zero-order valence-corrected chi connectivity index (χ0v) is 14.3. The van der Waals surface area contributed by atoms with Crippen LogP contribution in [0, 0.1) is 5.82 Å². The highest BCUT2D eigenvalue weighted by atomic mass is 79.9. The fourth-order valence-corrected chi connectivity index (χ4v) is 2.82. The van der Waals surface area contributed by atoms with Crippen LogP contribution in [-0.4, -0.2) is 13.1 Å². The zero-order chi connectivity index (χ0) is 14.5. The van der Waals surface area contributed by atoms with Crippen LogP contribution >= 0.6 is 31.9 Å². The first-order valence-corrected chi connectivity index (χ1v) is 8.02. The molecule has 1 atom stereocenters. The minimum atomic E-state index is -0.193. The van der Waals surface area contributed by atoms with Crippen LogP contribution in [0.1, 0.15) is 11.1 Å². The second-order valence-corrected chi connectivity index (χ2v) is 6.53. The van der Waals surface area contributed by atoms with E-state index in [1.807, 2.05) is 19.2 Å². The van der Waals surface area contributed by atoms with Gasteiger partial charge in [0.2, 0.25) is 0 Å². The molecule has 0 bridgehead atoms. The topological polar surface area (TPSA) is 12.0 Å². The van der Waals surface area contributed by atoms with Gasteiger partial charge in [-0.05, 0) is 61.3 Å². The molecule has 0 amide bonds. The van der Waals surface area contributed by atoms with E-state index in [4.69, 9.17) is 0 Å². The van der Waals surface area contributed by atoms with Crippen molar-refractivity contribution in [3.63, 3.8) is 0 Å². The van der Waals surface area contributed by atoms with E-state index in [1.54, 1.807) is 12.1 Å². The Hall–Kier alpha value is -0.710. The van der Waals surface area contributed by atoms with Crippen molar-refractivity contribution in [3.8, 4) is 0 Å². The lowest BCUT2D eigenvalue weighted by Gasteiger charge is -2.17. The highest BCUT2D eigenvalue weighted by Crippen LogP contribution is 2.20. The second kappa shape index (κ2) is 7.34. The summed E-state index contributed by atoms with van der Waals surface area (Å²) >= 11 is 6.92. The van der Waals surface area contributed by atoms with Crippen LogP contribution in [0.3, 0.4) is 0 Å². The minimum Gasteiger partial charge on any atom is -0.316 e. The molecule has 0 heterocycles. The van der Waals surface area contributed by atoms with Crippen LogP contribution in [0.25, 0.3) is 0 Å². The Morgan fingerprint density at radius 1 is 1.05 bits per heavy atom. The Bertz CT molecular complexity index is 569. The molecule has 106 valence electrons. The summed E-state index contributed by atoms with van der Waals surface area (Å²) in [7, 11) is 1.94. The third-order valence-electron chi connectivity index (χ3n) is 3.28.